The summed E-state index contributed by atoms with van der Waals surface area (Å²) in [5, 5.41) is 0. The predicted molar refractivity (Wildman–Crippen MR) is 121 cm³/mol. The zero-order valence-corrected chi connectivity index (χ0v) is 19.7. The Kier molecular flexibility index (Phi) is 14.6. The molecule has 164 valence electrons. The maximum absolute atomic E-state index is 12.2. The number of hydrogen-bond donors (Lipinski definition) is 0. The van der Waals surface area contributed by atoms with E-state index in [9.17, 15) is 9.59 Å². The van der Waals surface area contributed by atoms with Crippen LogP contribution in [0.15, 0.2) is 22.7 Å². The first-order chi connectivity index (χ1) is 14.1. The number of ether oxygens (including phenoxy) is 2. The van der Waals surface area contributed by atoms with E-state index in [1.807, 2.05) is 0 Å². The minimum Gasteiger partial charge on any atom is -0.422 e. The molecule has 0 aliphatic heterocycles. The third-order valence-corrected chi connectivity index (χ3v) is 5.46. The Hall–Kier alpha value is -1.36. The molecular weight excluding hydrogens is 432 g/mol. The number of unbranched alkanes of at least 4 members (excludes halogenated alkanes) is 10. The zero-order valence-electron chi connectivity index (χ0n) is 18.1. The standard InChI is InChI=1S/C24H37BrO4/c1-3-5-7-9-11-13-18-22(26)28-21-17-15-16-20(25)24(21)29-23(27)19-14-12-10-8-6-4-2/h15-17H,3-14,18-19H2,1-2H3. The lowest BCUT2D eigenvalue weighted by Crippen LogP contribution is -2.12. The van der Waals surface area contributed by atoms with Crippen LogP contribution in [0.5, 0.6) is 11.5 Å². The SMILES string of the molecule is CCCCCCCCC(=O)Oc1cccc(Br)c1OC(=O)CCCCCCCC. The third kappa shape index (κ3) is 12.0. The van der Waals surface area contributed by atoms with Crippen LogP contribution in [-0.4, -0.2) is 11.9 Å². The minimum atomic E-state index is -0.291. The second-order valence-corrected chi connectivity index (χ2v) is 8.41. The molecule has 0 aliphatic carbocycles. The Bertz CT molecular complexity index is 601. The summed E-state index contributed by atoms with van der Waals surface area (Å²) in [4.78, 5) is 24.4. The number of carbonyl (C=O) groups is 2. The molecule has 0 radical (unpaired) electrons. The lowest BCUT2D eigenvalue weighted by Gasteiger charge is -2.12. The average molecular weight is 469 g/mol. The van der Waals surface area contributed by atoms with Crippen molar-refractivity contribution in [2.45, 2.75) is 104 Å². The Morgan fingerprint density at radius 3 is 1.76 bits per heavy atom. The van der Waals surface area contributed by atoms with E-state index in [0.29, 0.717) is 28.8 Å². The second-order valence-electron chi connectivity index (χ2n) is 7.55. The quantitative estimate of drug-likeness (QED) is 0.141. The first kappa shape index (κ1) is 25.7. The molecule has 5 heteroatoms. The summed E-state index contributed by atoms with van der Waals surface area (Å²) in [5.74, 6) is 0.0128. The van der Waals surface area contributed by atoms with E-state index in [0.717, 1.165) is 38.5 Å². The lowest BCUT2D eigenvalue weighted by molar-refractivity contribution is -0.137. The van der Waals surface area contributed by atoms with Crippen LogP contribution >= 0.6 is 15.9 Å². The van der Waals surface area contributed by atoms with Gasteiger partial charge in [-0.15, -0.1) is 0 Å². The van der Waals surface area contributed by atoms with Crippen molar-refractivity contribution in [1.29, 1.82) is 0 Å². The summed E-state index contributed by atoms with van der Waals surface area (Å²) < 4.78 is 11.6. The molecule has 0 aromatic heterocycles. The summed E-state index contributed by atoms with van der Waals surface area (Å²) in [6.45, 7) is 4.38. The molecule has 0 aliphatic rings. The molecule has 1 aromatic carbocycles. The van der Waals surface area contributed by atoms with Gasteiger partial charge in [0.25, 0.3) is 0 Å². The topological polar surface area (TPSA) is 52.6 Å². The minimum absolute atomic E-state index is 0.285. The first-order valence-electron chi connectivity index (χ1n) is 11.3. The molecule has 1 aromatic rings. The number of benzene rings is 1. The van der Waals surface area contributed by atoms with Crippen molar-refractivity contribution in [2.24, 2.45) is 0 Å². The molecule has 4 nitrogen and oxygen atoms in total. The molecule has 0 atom stereocenters. The molecule has 29 heavy (non-hydrogen) atoms. The van der Waals surface area contributed by atoms with E-state index in [4.69, 9.17) is 9.47 Å². The van der Waals surface area contributed by atoms with Gasteiger partial charge in [-0.2, -0.15) is 0 Å². The fourth-order valence-corrected chi connectivity index (χ4v) is 3.54. The van der Waals surface area contributed by atoms with Gasteiger partial charge in [0.05, 0.1) is 4.47 Å². The largest absolute Gasteiger partial charge is 0.422 e. The number of hydrogen-bond acceptors (Lipinski definition) is 4. The molecule has 0 bridgehead atoms. The Balaban J connectivity index is 2.43. The van der Waals surface area contributed by atoms with Crippen molar-refractivity contribution in [3.8, 4) is 11.5 Å². The third-order valence-electron chi connectivity index (χ3n) is 4.84. The fourth-order valence-electron chi connectivity index (χ4n) is 3.11. The monoisotopic (exact) mass is 468 g/mol. The highest BCUT2D eigenvalue weighted by Crippen LogP contribution is 2.36. The summed E-state index contributed by atoms with van der Waals surface area (Å²) >= 11 is 3.40. The Labute approximate surface area is 184 Å². The van der Waals surface area contributed by atoms with Gasteiger partial charge in [0.15, 0.2) is 11.5 Å². The van der Waals surface area contributed by atoms with E-state index in [1.165, 1.54) is 38.5 Å². The van der Waals surface area contributed by atoms with Gasteiger partial charge < -0.3 is 9.47 Å². The Morgan fingerprint density at radius 2 is 1.21 bits per heavy atom. The van der Waals surface area contributed by atoms with Crippen LogP contribution in [0.2, 0.25) is 0 Å². The lowest BCUT2D eigenvalue weighted by atomic mass is 10.1. The van der Waals surface area contributed by atoms with Gasteiger partial charge in [0, 0.05) is 12.8 Å². The summed E-state index contributed by atoms with van der Waals surface area (Å²) in [7, 11) is 0. The molecule has 0 unspecified atom stereocenters. The van der Waals surface area contributed by atoms with E-state index in [2.05, 4.69) is 29.8 Å². The second kappa shape index (κ2) is 16.4. The molecule has 0 saturated heterocycles. The van der Waals surface area contributed by atoms with Crippen LogP contribution in [0.4, 0.5) is 0 Å². The van der Waals surface area contributed by atoms with E-state index in [-0.39, 0.29) is 11.9 Å². The van der Waals surface area contributed by atoms with Crippen molar-refractivity contribution >= 4 is 27.9 Å². The van der Waals surface area contributed by atoms with Gasteiger partial charge in [0.2, 0.25) is 0 Å². The van der Waals surface area contributed by atoms with Crippen molar-refractivity contribution in [1.82, 2.24) is 0 Å². The van der Waals surface area contributed by atoms with Gasteiger partial charge in [-0.25, -0.2) is 0 Å². The van der Waals surface area contributed by atoms with Crippen molar-refractivity contribution in [3.63, 3.8) is 0 Å². The van der Waals surface area contributed by atoms with Gasteiger partial charge in [-0.1, -0.05) is 84.1 Å². The van der Waals surface area contributed by atoms with E-state index in [1.54, 1.807) is 18.2 Å². The van der Waals surface area contributed by atoms with Gasteiger partial charge in [0.1, 0.15) is 0 Å². The summed E-state index contributed by atoms with van der Waals surface area (Å²) in [6, 6.07) is 5.21. The fraction of sp³-hybridized carbons (Fsp3) is 0.667. The van der Waals surface area contributed by atoms with E-state index < -0.39 is 0 Å². The van der Waals surface area contributed by atoms with Gasteiger partial charge in [-0.3, -0.25) is 9.59 Å². The van der Waals surface area contributed by atoms with Crippen molar-refractivity contribution in [3.05, 3.63) is 22.7 Å². The van der Waals surface area contributed by atoms with Gasteiger partial charge in [-0.05, 0) is 40.9 Å². The molecule has 0 fully saturated rings. The predicted octanol–water partition coefficient (Wildman–Crippen LogP) is 7.76. The van der Waals surface area contributed by atoms with Crippen LogP contribution in [0.25, 0.3) is 0 Å². The molecule has 0 heterocycles. The van der Waals surface area contributed by atoms with Crippen LogP contribution in [0, 0.1) is 0 Å². The number of halogens is 1. The van der Waals surface area contributed by atoms with Crippen LogP contribution in [0.3, 0.4) is 0 Å². The number of carbonyl (C=O) groups excluding carboxylic acids is 2. The molecule has 1 rings (SSSR count). The summed E-state index contributed by atoms with van der Waals surface area (Å²) in [5.41, 5.74) is 0. The Morgan fingerprint density at radius 1 is 0.724 bits per heavy atom. The van der Waals surface area contributed by atoms with Crippen LogP contribution < -0.4 is 9.47 Å². The van der Waals surface area contributed by atoms with Crippen molar-refractivity contribution < 1.29 is 19.1 Å². The van der Waals surface area contributed by atoms with Crippen LogP contribution in [-0.2, 0) is 9.59 Å². The maximum atomic E-state index is 12.2. The van der Waals surface area contributed by atoms with Crippen LogP contribution in [0.1, 0.15) is 104 Å². The van der Waals surface area contributed by atoms with E-state index >= 15 is 0 Å². The summed E-state index contributed by atoms with van der Waals surface area (Å²) in [6.07, 6.45) is 14.1. The van der Waals surface area contributed by atoms with Gasteiger partial charge >= 0.3 is 11.9 Å². The zero-order chi connectivity index (χ0) is 21.3. The molecule has 0 spiro atoms. The van der Waals surface area contributed by atoms with Crippen molar-refractivity contribution in [2.75, 3.05) is 0 Å². The highest BCUT2D eigenvalue weighted by molar-refractivity contribution is 9.10. The maximum Gasteiger partial charge on any atom is 0.311 e. The first-order valence-corrected chi connectivity index (χ1v) is 12.1. The smallest absolute Gasteiger partial charge is 0.311 e. The molecule has 0 amide bonds. The molecular formula is C24H37BrO4. The normalized spacial score (nSPS) is 10.7. The molecule has 0 saturated carbocycles. The number of rotatable bonds is 16. The number of para-hydroxylation sites is 1. The number of esters is 2. The average Bonchev–Trinajstić information content (AvgIpc) is 2.70. The highest BCUT2D eigenvalue weighted by Gasteiger charge is 2.16. The molecule has 0 N–H and O–H groups in total. The highest BCUT2D eigenvalue weighted by atomic mass is 79.9.